The Balaban J connectivity index is 1.38. The fraction of sp³-hybridized carbons (Fsp3) is 0.179. The molecule has 1 aliphatic heterocycles. The number of rotatable bonds is 4. The predicted molar refractivity (Wildman–Crippen MR) is 138 cm³/mol. The summed E-state index contributed by atoms with van der Waals surface area (Å²) < 4.78 is 5.41. The van der Waals surface area contributed by atoms with Crippen molar-refractivity contribution in [2.45, 2.75) is 6.42 Å². The summed E-state index contributed by atoms with van der Waals surface area (Å²) in [5.74, 6) is -0.723. The van der Waals surface area contributed by atoms with Gasteiger partial charge >= 0.3 is 0 Å². The van der Waals surface area contributed by atoms with E-state index in [2.05, 4.69) is 29.8 Å². The molecule has 37 heavy (non-hydrogen) atoms. The fourth-order valence-corrected chi connectivity index (χ4v) is 4.41. The molecule has 9 nitrogen and oxygen atoms in total. The Labute approximate surface area is 212 Å². The SMILES string of the molecule is O=C1CC(=Nc2ccc(N3CCOCC3)cc2)C(=O)c2nc(-c3ccccn3)c(-c3ccccn3)nc21. The van der Waals surface area contributed by atoms with E-state index >= 15 is 0 Å². The lowest BCUT2D eigenvalue weighted by Gasteiger charge is -2.28. The minimum Gasteiger partial charge on any atom is -0.378 e. The quantitative estimate of drug-likeness (QED) is 0.422. The molecule has 2 aliphatic rings. The first-order chi connectivity index (χ1) is 18.2. The van der Waals surface area contributed by atoms with E-state index in [-0.39, 0.29) is 29.3 Å². The highest BCUT2D eigenvalue weighted by Crippen LogP contribution is 2.30. The van der Waals surface area contributed by atoms with Crippen LogP contribution < -0.4 is 4.90 Å². The molecule has 9 heteroatoms. The monoisotopic (exact) mass is 490 g/mol. The average Bonchev–Trinajstić information content (AvgIpc) is 2.97. The summed E-state index contributed by atoms with van der Waals surface area (Å²) in [6.45, 7) is 3.05. The fourth-order valence-electron chi connectivity index (χ4n) is 4.41. The second kappa shape index (κ2) is 9.79. The number of nitrogens with zero attached hydrogens (tertiary/aromatic N) is 6. The molecular weight excluding hydrogens is 468 g/mol. The third-order valence-electron chi connectivity index (χ3n) is 6.27. The van der Waals surface area contributed by atoms with Crippen LogP contribution in [0.15, 0.2) is 78.0 Å². The van der Waals surface area contributed by atoms with Crippen LogP contribution in [0.3, 0.4) is 0 Å². The maximum Gasteiger partial charge on any atom is 0.228 e. The number of hydrogen-bond acceptors (Lipinski definition) is 9. The van der Waals surface area contributed by atoms with E-state index in [9.17, 15) is 9.59 Å². The number of fused-ring (bicyclic) bond motifs is 1. The van der Waals surface area contributed by atoms with E-state index in [4.69, 9.17) is 4.74 Å². The van der Waals surface area contributed by atoms with Gasteiger partial charge in [-0.25, -0.2) is 15.0 Å². The van der Waals surface area contributed by atoms with Crippen LogP contribution in [-0.2, 0) is 4.74 Å². The number of Topliss-reactive ketones (excluding diaryl/α,β-unsaturated/α-hetero) is 2. The molecule has 1 saturated heterocycles. The molecule has 4 aromatic rings. The summed E-state index contributed by atoms with van der Waals surface area (Å²) in [7, 11) is 0. The van der Waals surface area contributed by atoms with Gasteiger partial charge in [0.05, 0.1) is 42.4 Å². The number of carbonyl (C=O) groups is 2. The number of benzene rings is 1. The standard InChI is InChI=1S/C28H22N6O3/c35-23-17-22(31-18-7-9-19(10-8-18)34-13-15-37-16-14-34)28(36)27-26(23)32-24(20-5-1-3-11-29-20)25(33-27)21-6-2-4-12-30-21/h1-12H,13-17H2. The molecule has 3 aromatic heterocycles. The lowest BCUT2D eigenvalue weighted by atomic mass is 9.94. The predicted octanol–water partition coefficient (Wildman–Crippen LogP) is 3.98. The zero-order valence-corrected chi connectivity index (χ0v) is 19.9. The lowest BCUT2D eigenvalue weighted by Crippen LogP contribution is -2.36. The first-order valence-corrected chi connectivity index (χ1v) is 12.0. The van der Waals surface area contributed by atoms with Crippen molar-refractivity contribution >= 4 is 28.7 Å². The molecule has 1 aromatic carbocycles. The Morgan fingerprint density at radius 2 is 1.35 bits per heavy atom. The van der Waals surface area contributed by atoms with E-state index in [1.807, 2.05) is 36.4 Å². The highest BCUT2D eigenvalue weighted by atomic mass is 16.5. The van der Waals surface area contributed by atoms with Crippen molar-refractivity contribution in [1.29, 1.82) is 0 Å². The molecule has 1 aliphatic carbocycles. The van der Waals surface area contributed by atoms with Crippen LogP contribution >= 0.6 is 0 Å². The van der Waals surface area contributed by atoms with Crippen LogP contribution in [-0.4, -0.2) is 63.5 Å². The van der Waals surface area contributed by atoms with E-state index in [0.29, 0.717) is 41.7 Å². The number of carbonyl (C=O) groups excluding carboxylic acids is 2. The molecule has 0 spiro atoms. The van der Waals surface area contributed by atoms with Gasteiger partial charge < -0.3 is 9.64 Å². The number of hydrogen-bond donors (Lipinski definition) is 0. The molecule has 0 saturated carbocycles. The van der Waals surface area contributed by atoms with Gasteiger partial charge in [-0.1, -0.05) is 12.1 Å². The van der Waals surface area contributed by atoms with Crippen molar-refractivity contribution in [3.05, 3.63) is 84.4 Å². The minimum atomic E-state index is -0.413. The van der Waals surface area contributed by atoms with Gasteiger partial charge in [0.25, 0.3) is 0 Å². The highest BCUT2D eigenvalue weighted by molar-refractivity contribution is 6.52. The molecule has 1 fully saturated rings. The number of aliphatic imine (C=N–C) groups is 1. The largest absolute Gasteiger partial charge is 0.378 e. The maximum absolute atomic E-state index is 13.5. The van der Waals surface area contributed by atoms with Crippen molar-refractivity contribution in [3.63, 3.8) is 0 Å². The van der Waals surface area contributed by atoms with E-state index in [0.717, 1.165) is 18.8 Å². The van der Waals surface area contributed by atoms with Crippen molar-refractivity contribution < 1.29 is 14.3 Å². The third-order valence-corrected chi connectivity index (χ3v) is 6.27. The van der Waals surface area contributed by atoms with Gasteiger partial charge in [-0.3, -0.25) is 19.6 Å². The van der Waals surface area contributed by atoms with Gasteiger partial charge in [0.15, 0.2) is 5.78 Å². The zero-order valence-electron chi connectivity index (χ0n) is 19.9. The van der Waals surface area contributed by atoms with Crippen LogP contribution in [0.1, 0.15) is 27.4 Å². The number of pyridine rings is 2. The number of anilines is 1. The van der Waals surface area contributed by atoms with Gasteiger partial charge in [-0.05, 0) is 48.5 Å². The smallest absolute Gasteiger partial charge is 0.228 e. The summed E-state index contributed by atoms with van der Waals surface area (Å²) in [6.07, 6.45) is 3.14. The first-order valence-electron chi connectivity index (χ1n) is 12.0. The topological polar surface area (TPSA) is 111 Å². The van der Waals surface area contributed by atoms with Crippen LogP contribution in [0.2, 0.25) is 0 Å². The van der Waals surface area contributed by atoms with Crippen molar-refractivity contribution in [1.82, 2.24) is 19.9 Å². The molecule has 4 heterocycles. The number of ketones is 2. The van der Waals surface area contributed by atoms with Crippen LogP contribution in [0.4, 0.5) is 11.4 Å². The molecule has 0 bridgehead atoms. The molecule has 0 radical (unpaired) electrons. The Morgan fingerprint density at radius 1 is 0.730 bits per heavy atom. The zero-order chi connectivity index (χ0) is 25.2. The summed E-state index contributed by atoms with van der Waals surface area (Å²) in [5, 5.41) is 0. The minimum absolute atomic E-state index is 0.0136. The summed E-state index contributed by atoms with van der Waals surface area (Å²) >= 11 is 0. The Kier molecular flexibility index (Phi) is 6.03. The van der Waals surface area contributed by atoms with Gasteiger partial charge in [0.2, 0.25) is 5.78 Å². The van der Waals surface area contributed by atoms with Gasteiger partial charge in [0.1, 0.15) is 22.8 Å². The molecule has 182 valence electrons. The molecular formula is C28H22N6O3. The summed E-state index contributed by atoms with van der Waals surface area (Å²) in [6, 6.07) is 18.4. The Hall–Kier alpha value is -4.63. The molecule has 6 rings (SSSR count). The molecule has 0 N–H and O–H groups in total. The highest BCUT2D eigenvalue weighted by Gasteiger charge is 2.34. The van der Waals surface area contributed by atoms with Crippen LogP contribution in [0, 0.1) is 0 Å². The van der Waals surface area contributed by atoms with Gasteiger partial charge in [-0.15, -0.1) is 0 Å². The van der Waals surface area contributed by atoms with Crippen molar-refractivity contribution in [3.8, 4) is 22.8 Å². The van der Waals surface area contributed by atoms with E-state index in [1.54, 1.807) is 36.7 Å². The number of ether oxygens (including phenoxy) is 1. The Morgan fingerprint density at radius 3 is 1.95 bits per heavy atom. The third kappa shape index (κ3) is 4.52. The normalized spacial score (nSPS) is 16.6. The summed E-state index contributed by atoms with van der Waals surface area (Å²) in [4.78, 5) is 51.3. The van der Waals surface area contributed by atoms with Crippen molar-refractivity contribution in [2.24, 2.45) is 4.99 Å². The number of aromatic nitrogens is 4. The van der Waals surface area contributed by atoms with Crippen LogP contribution in [0.25, 0.3) is 22.8 Å². The lowest BCUT2D eigenvalue weighted by molar-refractivity contribution is 0.0957. The van der Waals surface area contributed by atoms with E-state index < -0.39 is 5.78 Å². The van der Waals surface area contributed by atoms with Crippen LogP contribution in [0.5, 0.6) is 0 Å². The Bertz CT molecular complexity index is 1500. The molecule has 0 amide bonds. The van der Waals surface area contributed by atoms with E-state index in [1.165, 1.54) is 0 Å². The van der Waals surface area contributed by atoms with Crippen molar-refractivity contribution in [2.75, 3.05) is 31.2 Å². The average molecular weight is 491 g/mol. The maximum atomic E-state index is 13.5. The first kappa shape index (κ1) is 22.8. The van der Waals surface area contributed by atoms with Gasteiger partial charge in [0, 0.05) is 31.2 Å². The molecule has 0 unspecified atom stereocenters. The summed E-state index contributed by atoms with van der Waals surface area (Å²) in [5.41, 5.74) is 3.68. The van der Waals surface area contributed by atoms with Gasteiger partial charge in [-0.2, -0.15) is 0 Å². The second-order valence-corrected chi connectivity index (χ2v) is 8.65. The number of morpholine rings is 1. The second-order valence-electron chi connectivity index (χ2n) is 8.65. The molecule has 0 atom stereocenters.